The third-order valence-corrected chi connectivity index (χ3v) is 5.38. The van der Waals surface area contributed by atoms with Crippen molar-refractivity contribution in [2.75, 3.05) is 26.1 Å². The summed E-state index contributed by atoms with van der Waals surface area (Å²) in [6.45, 7) is 6.17. The van der Waals surface area contributed by atoms with Gasteiger partial charge in [-0.25, -0.2) is 8.42 Å². The quantitative estimate of drug-likeness (QED) is 0.826. The van der Waals surface area contributed by atoms with Gasteiger partial charge in [-0.3, -0.25) is 4.72 Å². The van der Waals surface area contributed by atoms with E-state index in [4.69, 9.17) is 14.2 Å². The molecule has 2 aromatic rings. The molecule has 0 spiro atoms. The Hall–Kier alpha value is -2.41. The Balaban J connectivity index is 2.50. The maximum absolute atomic E-state index is 12.9. The van der Waals surface area contributed by atoms with E-state index in [1.807, 2.05) is 6.07 Å². The molecule has 6 nitrogen and oxygen atoms in total. The van der Waals surface area contributed by atoms with Gasteiger partial charge in [0, 0.05) is 6.07 Å². The van der Waals surface area contributed by atoms with E-state index in [9.17, 15) is 8.42 Å². The first-order valence-corrected chi connectivity index (χ1v) is 9.54. The molecule has 0 aliphatic rings. The summed E-state index contributed by atoms with van der Waals surface area (Å²) in [7, 11) is 0.527. The van der Waals surface area contributed by atoms with Gasteiger partial charge in [-0.2, -0.15) is 0 Å². The number of sulfonamides is 1. The van der Waals surface area contributed by atoms with E-state index in [-0.39, 0.29) is 16.1 Å². The Kier molecular flexibility index (Phi) is 5.71. The summed E-state index contributed by atoms with van der Waals surface area (Å²) in [5.41, 5.74) is 1.22. The first-order chi connectivity index (χ1) is 12.1. The highest BCUT2D eigenvalue weighted by atomic mass is 32.2. The Bertz CT molecular complexity index is 885. The van der Waals surface area contributed by atoms with Gasteiger partial charge in [0.05, 0.1) is 27.0 Å². The highest BCUT2D eigenvalue weighted by Crippen LogP contribution is 2.35. The minimum absolute atomic E-state index is 0.0176. The lowest BCUT2D eigenvalue weighted by atomic mass is 9.87. The lowest BCUT2D eigenvalue weighted by molar-refractivity contribution is 0.386. The van der Waals surface area contributed by atoms with E-state index in [1.54, 1.807) is 18.2 Å². The normalized spacial score (nSPS) is 11.8. The van der Waals surface area contributed by atoms with Gasteiger partial charge >= 0.3 is 0 Å². The highest BCUT2D eigenvalue weighted by molar-refractivity contribution is 7.92. The van der Waals surface area contributed by atoms with Gasteiger partial charge in [0.25, 0.3) is 10.0 Å². The van der Waals surface area contributed by atoms with Crippen molar-refractivity contribution in [3.05, 3.63) is 42.0 Å². The van der Waals surface area contributed by atoms with Crippen LogP contribution in [0.25, 0.3) is 0 Å². The molecule has 0 amide bonds. The van der Waals surface area contributed by atoms with E-state index >= 15 is 0 Å². The zero-order valence-corrected chi connectivity index (χ0v) is 16.7. The van der Waals surface area contributed by atoms with Crippen molar-refractivity contribution >= 4 is 15.7 Å². The fraction of sp³-hybridized carbons (Fsp3) is 0.368. The molecule has 142 valence electrons. The fourth-order valence-electron chi connectivity index (χ4n) is 2.45. The maximum atomic E-state index is 12.9. The van der Waals surface area contributed by atoms with Crippen LogP contribution in [-0.4, -0.2) is 29.7 Å². The van der Waals surface area contributed by atoms with Crippen molar-refractivity contribution in [1.29, 1.82) is 0 Å². The summed E-state index contributed by atoms with van der Waals surface area (Å²) in [6, 6.07) is 10.00. The van der Waals surface area contributed by atoms with Gasteiger partial charge in [0.1, 0.15) is 22.1 Å². The summed E-state index contributed by atoms with van der Waals surface area (Å²) in [4.78, 5) is 0.0176. The van der Waals surface area contributed by atoms with Crippen LogP contribution in [0.2, 0.25) is 0 Å². The Morgan fingerprint density at radius 2 is 1.50 bits per heavy atom. The molecular weight excluding hydrogens is 354 g/mol. The zero-order chi connectivity index (χ0) is 19.5. The summed E-state index contributed by atoms with van der Waals surface area (Å²) in [6.07, 6.45) is 0. The second-order valence-corrected chi connectivity index (χ2v) is 8.44. The maximum Gasteiger partial charge on any atom is 0.265 e. The second kappa shape index (κ2) is 7.45. The number of methoxy groups -OCH3 is 3. The van der Waals surface area contributed by atoms with Gasteiger partial charge in [-0.15, -0.1) is 0 Å². The molecule has 0 saturated carbocycles. The zero-order valence-electron chi connectivity index (χ0n) is 15.9. The van der Waals surface area contributed by atoms with E-state index < -0.39 is 10.0 Å². The third-order valence-electron chi connectivity index (χ3n) is 3.97. The summed E-state index contributed by atoms with van der Waals surface area (Å²) in [5.74, 6) is 1.14. The van der Waals surface area contributed by atoms with E-state index in [1.165, 1.54) is 33.5 Å². The Morgan fingerprint density at radius 1 is 0.846 bits per heavy atom. The van der Waals surface area contributed by atoms with Crippen molar-refractivity contribution in [2.24, 2.45) is 0 Å². The smallest absolute Gasteiger partial charge is 0.265 e. The molecule has 1 N–H and O–H groups in total. The predicted molar refractivity (Wildman–Crippen MR) is 102 cm³/mol. The van der Waals surface area contributed by atoms with Crippen LogP contribution in [0.3, 0.4) is 0 Å². The van der Waals surface area contributed by atoms with Gasteiger partial charge in [-0.05, 0) is 35.2 Å². The molecule has 2 aromatic carbocycles. The summed E-state index contributed by atoms with van der Waals surface area (Å²) < 4.78 is 44.1. The van der Waals surface area contributed by atoms with Crippen LogP contribution in [0.1, 0.15) is 26.3 Å². The van der Waals surface area contributed by atoms with Crippen molar-refractivity contribution < 1.29 is 22.6 Å². The van der Waals surface area contributed by atoms with Crippen molar-refractivity contribution in [1.82, 2.24) is 0 Å². The highest BCUT2D eigenvalue weighted by Gasteiger charge is 2.23. The van der Waals surface area contributed by atoms with Crippen LogP contribution >= 0.6 is 0 Å². The number of hydrogen-bond donors (Lipinski definition) is 1. The number of ether oxygens (including phenoxy) is 3. The number of benzene rings is 2. The van der Waals surface area contributed by atoms with Crippen LogP contribution in [0.15, 0.2) is 41.3 Å². The van der Waals surface area contributed by atoms with Crippen LogP contribution in [0.4, 0.5) is 5.69 Å². The lowest BCUT2D eigenvalue weighted by Gasteiger charge is -2.21. The molecule has 0 bridgehead atoms. The Morgan fingerprint density at radius 3 is 2.04 bits per heavy atom. The topological polar surface area (TPSA) is 73.9 Å². The van der Waals surface area contributed by atoms with Crippen LogP contribution < -0.4 is 18.9 Å². The molecule has 0 aliphatic carbocycles. The van der Waals surface area contributed by atoms with E-state index in [0.717, 1.165) is 5.56 Å². The number of hydrogen-bond acceptors (Lipinski definition) is 5. The predicted octanol–water partition coefficient (Wildman–Crippen LogP) is 3.81. The number of anilines is 1. The van der Waals surface area contributed by atoms with Crippen LogP contribution in [0, 0.1) is 0 Å². The van der Waals surface area contributed by atoms with Crippen molar-refractivity contribution in [3.8, 4) is 17.2 Å². The molecule has 0 aromatic heterocycles. The molecular formula is C19H25NO5S. The molecule has 0 unspecified atom stereocenters. The minimum Gasteiger partial charge on any atom is -0.497 e. The van der Waals surface area contributed by atoms with Gasteiger partial charge < -0.3 is 14.2 Å². The molecule has 0 fully saturated rings. The molecule has 0 atom stereocenters. The molecule has 0 radical (unpaired) electrons. The van der Waals surface area contributed by atoms with Gasteiger partial charge in [-0.1, -0.05) is 26.8 Å². The molecule has 0 aliphatic heterocycles. The van der Waals surface area contributed by atoms with Crippen LogP contribution in [0.5, 0.6) is 17.2 Å². The fourth-order valence-corrected chi connectivity index (χ4v) is 3.66. The van der Waals surface area contributed by atoms with Crippen molar-refractivity contribution in [2.45, 2.75) is 31.1 Å². The average Bonchev–Trinajstić information content (AvgIpc) is 2.59. The Labute approximate surface area is 155 Å². The molecule has 2 rings (SSSR count). The molecule has 0 saturated heterocycles. The van der Waals surface area contributed by atoms with Gasteiger partial charge in [0.15, 0.2) is 0 Å². The lowest BCUT2D eigenvalue weighted by Crippen LogP contribution is -2.16. The van der Waals surface area contributed by atoms with E-state index in [0.29, 0.717) is 17.2 Å². The standard InChI is InChI=1S/C19H25NO5S/c1-19(2,3)13-7-9-16(24-5)15(11-13)20-26(21,22)18-10-8-14(23-4)12-17(18)25-6/h7-12,20H,1-6H3. The first kappa shape index (κ1) is 19.9. The van der Waals surface area contributed by atoms with Gasteiger partial charge in [0.2, 0.25) is 0 Å². The third kappa shape index (κ3) is 4.22. The van der Waals surface area contributed by atoms with Crippen molar-refractivity contribution in [3.63, 3.8) is 0 Å². The monoisotopic (exact) mass is 379 g/mol. The van der Waals surface area contributed by atoms with Crippen LogP contribution in [-0.2, 0) is 15.4 Å². The number of nitrogens with one attached hydrogen (secondary N) is 1. The summed E-state index contributed by atoms with van der Waals surface area (Å²) in [5, 5.41) is 0. The minimum atomic E-state index is -3.89. The SMILES string of the molecule is COc1ccc(S(=O)(=O)Nc2cc(C(C)(C)C)ccc2OC)c(OC)c1. The number of rotatable bonds is 6. The molecule has 26 heavy (non-hydrogen) atoms. The molecule has 0 heterocycles. The summed E-state index contributed by atoms with van der Waals surface area (Å²) >= 11 is 0. The largest absolute Gasteiger partial charge is 0.497 e. The second-order valence-electron chi connectivity index (χ2n) is 6.79. The average molecular weight is 379 g/mol. The first-order valence-electron chi connectivity index (χ1n) is 8.05. The van der Waals surface area contributed by atoms with E-state index in [2.05, 4.69) is 25.5 Å². The molecule has 7 heteroatoms.